The number of primary amides is 1. The van der Waals surface area contributed by atoms with E-state index in [2.05, 4.69) is 4.98 Å². The van der Waals surface area contributed by atoms with E-state index in [1.165, 1.54) is 24.4 Å². The number of aromatic nitrogens is 1. The number of rotatable bonds is 4. The fraction of sp³-hybridized carbons (Fsp3) is 0.294. The molecule has 0 spiro atoms. The standard InChI is InChI=1S/C17H19F2N5O/c18-14-4-9(10-3-12(17(22)25)16(21)23-6-10)5-15(19)13(14)8-24-2-1-11(20)7-24/h3-6,11H,1-2,7-8,20H2,(H2,21,23)(H2,22,25). The molecule has 1 aliphatic heterocycles. The van der Waals surface area contributed by atoms with Gasteiger partial charge in [0.2, 0.25) is 0 Å². The highest BCUT2D eigenvalue weighted by atomic mass is 19.1. The Morgan fingerprint density at radius 3 is 2.48 bits per heavy atom. The van der Waals surface area contributed by atoms with Crippen LogP contribution in [0.5, 0.6) is 0 Å². The van der Waals surface area contributed by atoms with E-state index in [1.54, 1.807) is 0 Å². The predicted molar refractivity (Wildman–Crippen MR) is 90.4 cm³/mol. The lowest BCUT2D eigenvalue weighted by Crippen LogP contribution is -2.26. The molecule has 1 aromatic carbocycles. The van der Waals surface area contributed by atoms with Crippen LogP contribution in [0.25, 0.3) is 11.1 Å². The van der Waals surface area contributed by atoms with Crippen LogP contribution in [-0.4, -0.2) is 34.9 Å². The number of hydrogen-bond acceptors (Lipinski definition) is 5. The maximum absolute atomic E-state index is 14.5. The Kier molecular flexibility index (Phi) is 4.65. The summed E-state index contributed by atoms with van der Waals surface area (Å²) >= 11 is 0. The molecule has 1 unspecified atom stereocenters. The molecule has 0 bridgehead atoms. The maximum atomic E-state index is 14.5. The first-order chi connectivity index (χ1) is 11.8. The summed E-state index contributed by atoms with van der Waals surface area (Å²) in [6.07, 6.45) is 2.16. The number of benzene rings is 1. The smallest absolute Gasteiger partial charge is 0.252 e. The quantitative estimate of drug-likeness (QED) is 0.770. The van der Waals surface area contributed by atoms with Crippen LogP contribution >= 0.6 is 0 Å². The zero-order chi connectivity index (χ0) is 18.1. The molecule has 8 heteroatoms. The Morgan fingerprint density at radius 2 is 1.92 bits per heavy atom. The Bertz CT molecular complexity index is 804. The molecule has 1 saturated heterocycles. The molecule has 1 aromatic heterocycles. The van der Waals surface area contributed by atoms with Gasteiger partial charge in [-0.25, -0.2) is 13.8 Å². The second-order valence-corrected chi connectivity index (χ2v) is 6.22. The molecule has 0 aliphatic carbocycles. The van der Waals surface area contributed by atoms with Gasteiger partial charge in [0.15, 0.2) is 0 Å². The fourth-order valence-corrected chi connectivity index (χ4v) is 2.98. The number of nitrogen functional groups attached to an aromatic ring is 1. The van der Waals surface area contributed by atoms with Gasteiger partial charge < -0.3 is 17.2 Å². The number of amides is 1. The number of hydrogen-bond donors (Lipinski definition) is 3. The number of nitrogens with zero attached hydrogens (tertiary/aromatic N) is 2. The fourth-order valence-electron chi connectivity index (χ4n) is 2.98. The van der Waals surface area contributed by atoms with Crippen LogP contribution in [0.15, 0.2) is 24.4 Å². The Balaban J connectivity index is 1.92. The Labute approximate surface area is 143 Å². The van der Waals surface area contributed by atoms with Crippen LogP contribution in [0.4, 0.5) is 14.6 Å². The zero-order valence-corrected chi connectivity index (χ0v) is 13.5. The van der Waals surface area contributed by atoms with E-state index >= 15 is 0 Å². The summed E-state index contributed by atoms with van der Waals surface area (Å²) in [4.78, 5) is 17.1. The average Bonchev–Trinajstić information content (AvgIpc) is 2.96. The highest BCUT2D eigenvalue weighted by molar-refractivity contribution is 5.98. The largest absolute Gasteiger partial charge is 0.383 e. The number of carbonyl (C=O) groups is 1. The molecule has 1 atom stereocenters. The molecule has 2 aromatic rings. The first-order valence-electron chi connectivity index (χ1n) is 7.86. The molecule has 132 valence electrons. The first-order valence-corrected chi connectivity index (χ1v) is 7.86. The van der Waals surface area contributed by atoms with Crippen molar-refractivity contribution in [2.75, 3.05) is 18.8 Å². The summed E-state index contributed by atoms with van der Waals surface area (Å²) in [6, 6.07) is 3.84. The molecule has 3 rings (SSSR count). The number of anilines is 1. The molecule has 1 fully saturated rings. The monoisotopic (exact) mass is 347 g/mol. The van der Waals surface area contributed by atoms with E-state index in [0.29, 0.717) is 18.7 Å². The van der Waals surface area contributed by atoms with E-state index in [1.807, 2.05) is 4.90 Å². The molecular weight excluding hydrogens is 328 g/mol. The zero-order valence-electron chi connectivity index (χ0n) is 13.5. The Morgan fingerprint density at radius 1 is 1.24 bits per heavy atom. The molecular formula is C17H19F2N5O. The van der Waals surface area contributed by atoms with Gasteiger partial charge in [0.25, 0.3) is 5.91 Å². The minimum atomic E-state index is -0.755. The SMILES string of the molecule is NC(=O)c1cc(-c2cc(F)c(CN3CCC(N)C3)c(F)c2)cnc1N. The lowest BCUT2D eigenvalue weighted by molar-refractivity contribution is 0.100. The second-order valence-electron chi connectivity index (χ2n) is 6.22. The molecule has 0 radical (unpaired) electrons. The molecule has 2 heterocycles. The molecule has 0 saturated carbocycles. The lowest BCUT2D eigenvalue weighted by atomic mass is 10.0. The Hall–Kier alpha value is -2.58. The van der Waals surface area contributed by atoms with Crippen molar-refractivity contribution in [1.82, 2.24) is 9.88 Å². The molecule has 6 N–H and O–H groups in total. The van der Waals surface area contributed by atoms with Crippen LogP contribution < -0.4 is 17.2 Å². The summed E-state index contributed by atoms with van der Waals surface area (Å²) in [5, 5.41) is 0. The lowest BCUT2D eigenvalue weighted by Gasteiger charge is -2.17. The van der Waals surface area contributed by atoms with E-state index in [-0.39, 0.29) is 35.1 Å². The number of nitrogens with two attached hydrogens (primary N) is 3. The summed E-state index contributed by atoms with van der Waals surface area (Å²) < 4.78 is 28.9. The average molecular weight is 347 g/mol. The topological polar surface area (TPSA) is 111 Å². The van der Waals surface area contributed by atoms with Crippen molar-refractivity contribution in [1.29, 1.82) is 0 Å². The normalized spacial score (nSPS) is 17.8. The molecule has 6 nitrogen and oxygen atoms in total. The van der Waals surface area contributed by atoms with E-state index in [9.17, 15) is 13.6 Å². The van der Waals surface area contributed by atoms with Gasteiger partial charge in [0.1, 0.15) is 17.5 Å². The minimum absolute atomic E-state index is 0.00335. The van der Waals surface area contributed by atoms with E-state index in [4.69, 9.17) is 17.2 Å². The number of likely N-dealkylation sites (tertiary alicyclic amines) is 1. The summed E-state index contributed by atoms with van der Waals surface area (Å²) in [5.41, 5.74) is 17.2. The van der Waals surface area contributed by atoms with Gasteiger partial charge in [-0.2, -0.15) is 0 Å². The van der Waals surface area contributed by atoms with Crippen molar-refractivity contribution in [3.8, 4) is 11.1 Å². The summed E-state index contributed by atoms with van der Waals surface area (Å²) in [5.74, 6) is -2.10. The van der Waals surface area contributed by atoms with Gasteiger partial charge >= 0.3 is 0 Å². The highest BCUT2D eigenvalue weighted by Crippen LogP contribution is 2.27. The summed E-state index contributed by atoms with van der Waals surface area (Å²) in [6.45, 7) is 1.49. The van der Waals surface area contributed by atoms with Crippen LogP contribution in [0.2, 0.25) is 0 Å². The van der Waals surface area contributed by atoms with Gasteiger partial charge in [-0.15, -0.1) is 0 Å². The molecule has 1 amide bonds. The number of pyridine rings is 1. The van der Waals surface area contributed by atoms with Crippen LogP contribution in [-0.2, 0) is 6.54 Å². The van der Waals surface area contributed by atoms with Crippen molar-refractivity contribution in [2.24, 2.45) is 11.5 Å². The van der Waals surface area contributed by atoms with E-state index in [0.717, 1.165) is 6.42 Å². The van der Waals surface area contributed by atoms with Crippen LogP contribution in [0, 0.1) is 11.6 Å². The third-order valence-electron chi connectivity index (χ3n) is 4.35. The third kappa shape index (κ3) is 3.59. The number of halogens is 2. The highest BCUT2D eigenvalue weighted by Gasteiger charge is 2.22. The first kappa shape index (κ1) is 17.2. The maximum Gasteiger partial charge on any atom is 0.252 e. The minimum Gasteiger partial charge on any atom is -0.383 e. The van der Waals surface area contributed by atoms with Crippen molar-refractivity contribution in [2.45, 2.75) is 19.0 Å². The summed E-state index contributed by atoms with van der Waals surface area (Å²) in [7, 11) is 0. The van der Waals surface area contributed by atoms with Gasteiger partial charge in [-0.05, 0) is 30.2 Å². The van der Waals surface area contributed by atoms with Crippen molar-refractivity contribution in [3.63, 3.8) is 0 Å². The molecule has 25 heavy (non-hydrogen) atoms. The van der Waals surface area contributed by atoms with Crippen molar-refractivity contribution >= 4 is 11.7 Å². The van der Waals surface area contributed by atoms with Crippen molar-refractivity contribution < 1.29 is 13.6 Å². The predicted octanol–water partition coefficient (Wildman–Crippen LogP) is 1.24. The van der Waals surface area contributed by atoms with Gasteiger partial charge in [-0.1, -0.05) is 0 Å². The van der Waals surface area contributed by atoms with Gasteiger partial charge in [0, 0.05) is 43.0 Å². The van der Waals surface area contributed by atoms with Crippen LogP contribution in [0.3, 0.4) is 0 Å². The number of carbonyl (C=O) groups excluding carboxylic acids is 1. The second kappa shape index (κ2) is 6.73. The van der Waals surface area contributed by atoms with Gasteiger partial charge in [0.05, 0.1) is 5.56 Å². The third-order valence-corrected chi connectivity index (χ3v) is 4.35. The molecule has 1 aliphatic rings. The van der Waals surface area contributed by atoms with Gasteiger partial charge in [-0.3, -0.25) is 9.69 Å². The van der Waals surface area contributed by atoms with Crippen LogP contribution in [0.1, 0.15) is 22.3 Å². The van der Waals surface area contributed by atoms with Crippen molar-refractivity contribution in [3.05, 3.63) is 47.2 Å². The van der Waals surface area contributed by atoms with E-state index < -0.39 is 17.5 Å².